The molecule has 0 aliphatic rings. The van der Waals surface area contributed by atoms with Gasteiger partial charge in [0.2, 0.25) is 0 Å². The predicted octanol–water partition coefficient (Wildman–Crippen LogP) is 3.61. The molecular formula is C15H20N2O2S. The van der Waals surface area contributed by atoms with Crippen molar-refractivity contribution in [2.45, 2.75) is 46.3 Å². The van der Waals surface area contributed by atoms with Crippen molar-refractivity contribution in [1.29, 1.82) is 0 Å². The van der Waals surface area contributed by atoms with Crippen molar-refractivity contribution in [3.05, 3.63) is 23.8 Å². The number of nitrogens with one attached hydrogen (secondary N) is 1. The fourth-order valence-corrected chi connectivity index (χ4v) is 2.82. The molecule has 0 aliphatic carbocycles. The van der Waals surface area contributed by atoms with Crippen LogP contribution in [0.5, 0.6) is 5.19 Å². The number of benzene rings is 1. The molecule has 2 aromatic rings. The Balaban J connectivity index is 2.38. The van der Waals surface area contributed by atoms with Gasteiger partial charge in [-0.25, -0.2) is 4.98 Å². The van der Waals surface area contributed by atoms with E-state index in [2.05, 4.69) is 10.3 Å². The van der Waals surface area contributed by atoms with Gasteiger partial charge in [-0.1, -0.05) is 17.4 Å². The molecule has 1 aromatic heterocycles. The van der Waals surface area contributed by atoms with Crippen LogP contribution in [-0.4, -0.2) is 22.5 Å². The third-order valence-electron chi connectivity index (χ3n) is 2.47. The average Bonchev–Trinajstić information content (AvgIpc) is 2.66. The van der Waals surface area contributed by atoms with Gasteiger partial charge in [-0.15, -0.1) is 0 Å². The molecular weight excluding hydrogens is 272 g/mol. The van der Waals surface area contributed by atoms with E-state index in [9.17, 15) is 4.79 Å². The lowest BCUT2D eigenvalue weighted by molar-refractivity contribution is 0.0921. The van der Waals surface area contributed by atoms with Crippen LogP contribution >= 0.6 is 11.3 Å². The maximum atomic E-state index is 12.3. The van der Waals surface area contributed by atoms with Crippen molar-refractivity contribution in [2.75, 3.05) is 0 Å². The molecule has 1 N–H and O–H groups in total. The molecule has 108 valence electrons. The molecule has 0 saturated carbocycles. The molecule has 1 aromatic carbocycles. The number of ether oxygens (including phenoxy) is 1. The number of amides is 1. The van der Waals surface area contributed by atoms with E-state index in [0.29, 0.717) is 10.8 Å². The highest BCUT2D eigenvalue weighted by atomic mass is 32.1. The normalized spacial score (nSPS) is 11.9. The number of rotatable bonds is 3. The first-order valence-electron chi connectivity index (χ1n) is 6.65. The lowest BCUT2D eigenvalue weighted by Gasteiger charge is -2.20. The maximum absolute atomic E-state index is 12.3. The Labute approximate surface area is 123 Å². The molecule has 0 bridgehead atoms. The number of aromatic nitrogens is 1. The summed E-state index contributed by atoms with van der Waals surface area (Å²) in [6, 6.07) is 5.56. The van der Waals surface area contributed by atoms with Gasteiger partial charge in [0.25, 0.3) is 11.1 Å². The van der Waals surface area contributed by atoms with Crippen molar-refractivity contribution in [3.8, 4) is 5.19 Å². The van der Waals surface area contributed by atoms with Crippen LogP contribution in [-0.2, 0) is 0 Å². The minimum absolute atomic E-state index is 0.0717. The fourth-order valence-electron chi connectivity index (χ4n) is 1.77. The summed E-state index contributed by atoms with van der Waals surface area (Å²) >= 11 is 1.41. The maximum Gasteiger partial charge on any atom is 0.274 e. The summed E-state index contributed by atoms with van der Waals surface area (Å²) in [5, 5.41) is 3.58. The Morgan fingerprint density at radius 3 is 2.65 bits per heavy atom. The topological polar surface area (TPSA) is 51.2 Å². The molecule has 4 nitrogen and oxygen atoms in total. The first kappa shape index (κ1) is 14.8. The Bertz CT molecular complexity index is 626. The van der Waals surface area contributed by atoms with Crippen LogP contribution in [0.15, 0.2) is 18.2 Å². The molecule has 0 aliphatic heterocycles. The fraction of sp³-hybridized carbons (Fsp3) is 0.467. The van der Waals surface area contributed by atoms with Crippen LogP contribution in [0.1, 0.15) is 45.0 Å². The minimum atomic E-state index is -0.263. The van der Waals surface area contributed by atoms with Crippen LogP contribution in [0.4, 0.5) is 0 Å². The average molecular weight is 292 g/mol. The van der Waals surface area contributed by atoms with Crippen LogP contribution in [0.3, 0.4) is 0 Å². The van der Waals surface area contributed by atoms with Gasteiger partial charge >= 0.3 is 0 Å². The van der Waals surface area contributed by atoms with Crippen LogP contribution in [0.25, 0.3) is 10.2 Å². The highest BCUT2D eigenvalue weighted by molar-refractivity contribution is 7.20. The second kappa shape index (κ2) is 5.40. The first-order valence-corrected chi connectivity index (χ1v) is 7.46. The molecule has 5 heteroatoms. The highest BCUT2D eigenvalue weighted by Gasteiger charge is 2.19. The van der Waals surface area contributed by atoms with Crippen LogP contribution in [0.2, 0.25) is 0 Å². The van der Waals surface area contributed by atoms with Crippen molar-refractivity contribution in [3.63, 3.8) is 0 Å². The minimum Gasteiger partial charge on any atom is -0.467 e. The monoisotopic (exact) mass is 292 g/mol. The largest absolute Gasteiger partial charge is 0.467 e. The summed E-state index contributed by atoms with van der Waals surface area (Å²) in [6.07, 6.45) is 0.0717. The SMILES string of the molecule is CC(C)Oc1nc2cccc(C(=O)NC(C)(C)C)c2s1. The summed E-state index contributed by atoms with van der Waals surface area (Å²) in [7, 11) is 0. The van der Waals surface area contributed by atoms with Crippen LogP contribution in [0, 0.1) is 0 Å². The van der Waals surface area contributed by atoms with E-state index in [4.69, 9.17) is 4.74 Å². The van der Waals surface area contributed by atoms with Gasteiger partial charge in [-0.2, -0.15) is 0 Å². The van der Waals surface area contributed by atoms with E-state index in [-0.39, 0.29) is 17.6 Å². The van der Waals surface area contributed by atoms with Crippen molar-refractivity contribution >= 4 is 27.5 Å². The number of thiazole rings is 1. The van der Waals surface area contributed by atoms with E-state index in [1.807, 2.05) is 52.8 Å². The molecule has 20 heavy (non-hydrogen) atoms. The number of carbonyl (C=O) groups excluding carboxylic acids is 1. The lowest BCUT2D eigenvalue weighted by atomic mass is 10.1. The number of nitrogens with zero attached hydrogens (tertiary/aromatic N) is 1. The quantitative estimate of drug-likeness (QED) is 0.940. The van der Waals surface area contributed by atoms with Crippen molar-refractivity contribution in [2.24, 2.45) is 0 Å². The number of hydrogen-bond donors (Lipinski definition) is 1. The van der Waals surface area contributed by atoms with Gasteiger partial charge in [0.15, 0.2) is 0 Å². The Morgan fingerprint density at radius 1 is 1.35 bits per heavy atom. The van der Waals surface area contributed by atoms with Gasteiger partial charge in [0, 0.05) is 5.54 Å². The summed E-state index contributed by atoms with van der Waals surface area (Å²) in [6.45, 7) is 9.81. The van der Waals surface area contributed by atoms with E-state index in [0.717, 1.165) is 10.2 Å². The Morgan fingerprint density at radius 2 is 2.05 bits per heavy atom. The third kappa shape index (κ3) is 3.48. The van der Waals surface area contributed by atoms with Crippen LogP contribution < -0.4 is 10.1 Å². The second-order valence-corrected chi connectivity index (χ2v) is 6.97. The molecule has 0 spiro atoms. The summed E-state index contributed by atoms with van der Waals surface area (Å²) in [4.78, 5) is 16.7. The zero-order valence-electron chi connectivity index (χ0n) is 12.5. The van der Waals surface area contributed by atoms with E-state index in [1.54, 1.807) is 0 Å². The first-order chi connectivity index (χ1) is 9.26. The van der Waals surface area contributed by atoms with Gasteiger partial charge in [0.1, 0.15) is 0 Å². The number of hydrogen-bond acceptors (Lipinski definition) is 4. The van der Waals surface area contributed by atoms with E-state index < -0.39 is 0 Å². The molecule has 0 saturated heterocycles. The van der Waals surface area contributed by atoms with Crippen molar-refractivity contribution < 1.29 is 9.53 Å². The molecule has 0 atom stereocenters. The Hall–Kier alpha value is -1.62. The predicted molar refractivity (Wildman–Crippen MR) is 82.6 cm³/mol. The standard InChI is InChI=1S/C15H20N2O2S/c1-9(2)19-14-16-11-8-6-7-10(12(11)20-14)13(18)17-15(3,4)5/h6-9H,1-5H3,(H,17,18). The molecule has 1 heterocycles. The molecule has 0 fully saturated rings. The highest BCUT2D eigenvalue weighted by Crippen LogP contribution is 2.31. The van der Waals surface area contributed by atoms with E-state index >= 15 is 0 Å². The smallest absolute Gasteiger partial charge is 0.274 e. The lowest BCUT2D eigenvalue weighted by Crippen LogP contribution is -2.40. The van der Waals surface area contributed by atoms with Gasteiger partial charge in [0.05, 0.1) is 21.9 Å². The summed E-state index contributed by atoms with van der Waals surface area (Å²) < 4.78 is 6.48. The number of fused-ring (bicyclic) bond motifs is 1. The van der Waals surface area contributed by atoms with Gasteiger partial charge in [-0.05, 0) is 46.8 Å². The second-order valence-electron chi connectivity index (χ2n) is 6.00. The Kier molecular flexibility index (Phi) is 3.99. The molecule has 0 unspecified atom stereocenters. The summed E-state index contributed by atoms with van der Waals surface area (Å²) in [5.41, 5.74) is 1.18. The number of carbonyl (C=O) groups is 1. The summed E-state index contributed by atoms with van der Waals surface area (Å²) in [5.74, 6) is -0.0807. The van der Waals surface area contributed by atoms with Gasteiger partial charge in [-0.3, -0.25) is 4.79 Å². The van der Waals surface area contributed by atoms with E-state index in [1.165, 1.54) is 11.3 Å². The molecule has 0 radical (unpaired) electrons. The molecule has 1 amide bonds. The third-order valence-corrected chi connectivity index (χ3v) is 3.46. The zero-order chi connectivity index (χ0) is 14.9. The van der Waals surface area contributed by atoms with Gasteiger partial charge < -0.3 is 10.1 Å². The zero-order valence-corrected chi connectivity index (χ0v) is 13.3. The molecule has 2 rings (SSSR count). The van der Waals surface area contributed by atoms with Crippen molar-refractivity contribution in [1.82, 2.24) is 10.3 Å².